The Labute approximate surface area is 116 Å². The summed E-state index contributed by atoms with van der Waals surface area (Å²) in [7, 11) is 0. The van der Waals surface area contributed by atoms with Crippen molar-refractivity contribution in [2.45, 2.75) is 6.54 Å². The third-order valence-corrected chi connectivity index (χ3v) is 2.85. The highest BCUT2D eigenvalue weighted by Crippen LogP contribution is 2.19. The number of rotatable bonds is 4. The normalized spacial score (nSPS) is 9.75. The largest absolute Gasteiger partial charge is 0.399 e. The molecular formula is C15H14N4O. The van der Waals surface area contributed by atoms with Crippen LogP contribution in [0.2, 0.25) is 0 Å². The molecule has 0 heterocycles. The van der Waals surface area contributed by atoms with Crippen molar-refractivity contribution in [2.24, 2.45) is 5.73 Å². The molecule has 0 saturated heterocycles. The maximum atomic E-state index is 11.3. The third-order valence-electron chi connectivity index (χ3n) is 2.85. The van der Waals surface area contributed by atoms with E-state index in [4.69, 9.17) is 16.7 Å². The molecule has 2 rings (SSSR count). The summed E-state index contributed by atoms with van der Waals surface area (Å²) in [4.78, 5) is 11.3. The zero-order valence-electron chi connectivity index (χ0n) is 10.8. The summed E-state index contributed by atoms with van der Waals surface area (Å²) >= 11 is 0. The van der Waals surface area contributed by atoms with Gasteiger partial charge < -0.3 is 16.8 Å². The van der Waals surface area contributed by atoms with Crippen molar-refractivity contribution < 1.29 is 4.79 Å². The topological polar surface area (TPSA) is 105 Å². The Hall–Kier alpha value is -3.00. The lowest BCUT2D eigenvalue weighted by Gasteiger charge is -2.11. The van der Waals surface area contributed by atoms with Gasteiger partial charge in [-0.25, -0.2) is 0 Å². The molecule has 0 spiro atoms. The van der Waals surface area contributed by atoms with Gasteiger partial charge in [-0.3, -0.25) is 4.79 Å². The minimum absolute atomic E-state index is 0.385. The van der Waals surface area contributed by atoms with Crippen molar-refractivity contribution >= 4 is 17.3 Å². The number of anilines is 2. The number of primary amides is 1. The van der Waals surface area contributed by atoms with Crippen molar-refractivity contribution in [1.82, 2.24) is 0 Å². The number of nitrogens with zero attached hydrogens (tertiary/aromatic N) is 1. The first kappa shape index (κ1) is 13.4. The zero-order chi connectivity index (χ0) is 14.5. The summed E-state index contributed by atoms with van der Waals surface area (Å²) in [6.07, 6.45) is 0. The number of carbonyl (C=O) groups excluding carboxylic acids is 1. The van der Waals surface area contributed by atoms with E-state index >= 15 is 0 Å². The highest BCUT2D eigenvalue weighted by molar-refractivity contribution is 5.99. The Kier molecular flexibility index (Phi) is 3.87. The van der Waals surface area contributed by atoms with E-state index < -0.39 is 5.91 Å². The summed E-state index contributed by atoms with van der Waals surface area (Å²) in [5.74, 6) is -0.515. The highest BCUT2D eigenvalue weighted by atomic mass is 16.1. The van der Waals surface area contributed by atoms with Gasteiger partial charge in [0.05, 0.1) is 17.2 Å². The standard InChI is InChI=1S/C15H14N4O/c16-8-10-2-1-3-11(6-10)9-19-14-7-12(17)4-5-13(14)15(18)20/h1-7,19H,9,17H2,(H2,18,20). The van der Waals surface area contributed by atoms with Gasteiger partial charge in [-0.1, -0.05) is 12.1 Å². The number of nitrogen functional groups attached to an aromatic ring is 1. The Morgan fingerprint density at radius 2 is 2.05 bits per heavy atom. The van der Waals surface area contributed by atoms with Gasteiger partial charge in [0.15, 0.2) is 0 Å². The molecule has 100 valence electrons. The van der Waals surface area contributed by atoms with Gasteiger partial charge in [0.25, 0.3) is 5.91 Å². The molecule has 5 heteroatoms. The summed E-state index contributed by atoms with van der Waals surface area (Å²) in [5.41, 5.74) is 14.1. The van der Waals surface area contributed by atoms with Gasteiger partial charge in [-0.15, -0.1) is 0 Å². The second-order valence-corrected chi connectivity index (χ2v) is 4.34. The minimum Gasteiger partial charge on any atom is -0.399 e. The highest BCUT2D eigenvalue weighted by Gasteiger charge is 2.08. The van der Waals surface area contributed by atoms with E-state index in [0.717, 1.165) is 5.56 Å². The average molecular weight is 266 g/mol. The van der Waals surface area contributed by atoms with E-state index in [9.17, 15) is 4.79 Å². The van der Waals surface area contributed by atoms with Gasteiger partial charge in [0, 0.05) is 17.9 Å². The second-order valence-electron chi connectivity index (χ2n) is 4.34. The fourth-order valence-corrected chi connectivity index (χ4v) is 1.87. The number of amides is 1. The fourth-order valence-electron chi connectivity index (χ4n) is 1.87. The van der Waals surface area contributed by atoms with Crippen LogP contribution < -0.4 is 16.8 Å². The van der Waals surface area contributed by atoms with Gasteiger partial charge in [-0.05, 0) is 35.9 Å². The molecule has 0 aromatic heterocycles. The average Bonchev–Trinajstić information content (AvgIpc) is 2.45. The fraction of sp³-hybridized carbons (Fsp3) is 0.0667. The van der Waals surface area contributed by atoms with E-state index in [0.29, 0.717) is 29.0 Å². The lowest BCUT2D eigenvalue weighted by Crippen LogP contribution is -2.14. The number of nitrogens with one attached hydrogen (secondary N) is 1. The number of carbonyl (C=O) groups is 1. The number of hydrogen-bond acceptors (Lipinski definition) is 4. The van der Waals surface area contributed by atoms with E-state index in [1.807, 2.05) is 12.1 Å². The van der Waals surface area contributed by atoms with Crippen LogP contribution in [-0.2, 0) is 6.54 Å². The summed E-state index contributed by atoms with van der Waals surface area (Å²) < 4.78 is 0. The Morgan fingerprint density at radius 1 is 1.25 bits per heavy atom. The first-order valence-electron chi connectivity index (χ1n) is 6.02. The number of benzene rings is 2. The molecule has 0 aliphatic carbocycles. The smallest absolute Gasteiger partial charge is 0.250 e. The van der Waals surface area contributed by atoms with Crippen LogP contribution >= 0.6 is 0 Å². The van der Waals surface area contributed by atoms with Crippen LogP contribution in [0.4, 0.5) is 11.4 Å². The monoisotopic (exact) mass is 266 g/mol. The Morgan fingerprint density at radius 3 is 2.75 bits per heavy atom. The van der Waals surface area contributed by atoms with Gasteiger partial charge in [-0.2, -0.15) is 5.26 Å². The molecule has 0 fully saturated rings. The molecule has 0 radical (unpaired) electrons. The van der Waals surface area contributed by atoms with Crippen LogP contribution in [0.25, 0.3) is 0 Å². The predicted octanol–water partition coefficient (Wildman–Crippen LogP) is 1.85. The van der Waals surface area contributed by atoms with Crippen molar-refractivity contribution in [3.05, 3.63) is 59.2 Å². The van der Waals surface area contributed by atoms with Gasteiger partial charge in [0.2, 0.25) is 0 Å². The molecule has 1 amide bonds. The van der Waals surface area contributed by atoms with Crippen LogP contribution in [0.5, 0.6) is 0 Å². The molecule has 2 aromatic carbocycles. The summed E-state index contributed by atoms with van der Waals surface area (Å²) in [6.45, 7) is 0.471. The van der Waals surface area contributed by atoms with Crippen molar-refractivity contribution in [1.29, 1.82) is 5.26 Å². The first-order valence-corrected chi connectivity index (χ1v) is 6.02. The van der Waals surface area contributed by atoms with Crippen molar-refractivity contribution in [2.75, 3.05) is 11.1 Å². The Balaban J connectivity index is 2.20. The molecule has 0 aliphatic heterocycles. The SMILES string of the molecule is N#Cc1cccc(CNc2cc(N)ccc2C(N)=O)c1. The number of hydrogen-bond donors (Lipinski definition) is 3. The number of nitriles is 1. The van der Waals surface area contributed by atoms with E-state index in [-0.39, 0.29) is 0 Å². The molecule has 0 saturated carbocycles. The van der Waals surface area contributed by atoms with Crippen LogP contribution in [0, 0.1) is 11.3 Å². The van der Waals surface area contributed by atoms with Crippen LogP contribution in [0.3, 0.4) is 0 Å². The lowest BCUT2D eigenvalue weighted by atomic mass is 10.1. The van der Waals surface area contributed by atoms with Crippen LogP contribution in [0.1, 0.15) is 21.5 Å². The molecular weight excluding hydrogens is 252 g/mol. The Bertz CT molecular complexity index is 689. The van der Waals surface area contributed by atoms with Crippen LogP contribution in [-0.4, -0.2) is 5.91 Å². The summed E-state index contributed by atoms with van der Waals surface area (Å²) in [5, 5.41) is 12.0. The van der Waals surface area contributed by atoms with E-state index in [1.165, 1.54) is 0 Å². The zero-order valence-corrected chi connectivity index (χ0v) is 10.8. The van der Waals surface area contributed by atoms with Crippen LogP contribution in [0.15, 0.2) is 42.5 Å². The van der Waals surface area contributed by atoms with Crippen molar-refractivity contribution in [3.8, 4) is 6.07 Å². The maximum Gasteiger partial charge on any atom is 0.250 e. The molecule has 0 atom stereocenters. The second kappa shape index (κ2) is 5.76. The molecule has 0 bridgehead atoms. The third kappa shape index (κ3) is 3.06. The van der Waals surface area contributed by atoms with E-state index in [2.05, 4.69) is 11.4 Å². The lowest BCUT2D eigenvalue weighted by molar-refractivity contribution is 0.100. The predicted molar refractivity (Wildman–Crippen MR) is 77.9 cm³/mol. The molecule has 2 aromatic rings. The first-order chi connectivity index (χ1) is 9.60. The van der Waals surface area contributed by atoms with Crippen molar-refractivity contribution in [3.63, 3.8) is 0 Å². The maximum absolute atomic E-state index is 11.3. The van der Waals surface area contributed by atoms with Gasteiger partial charge in [0.1, 0.15) is 0 Å². The quantitative estimate of drug-likeness (QED) is 0.734. The molecule has 20 heavy (non-hydrogen) atoms. The molecule has 0 aliphatic rings. The molecule has 5 nitrogen and oxygen atoms in total. The summed E-state index contributed by atoms with van der Waals surface area (Å²) in [6, 6.07) is 14.2. The van der Waals surface area contributed by atoms with Gasteiger partial charge >= 0.3 is 0 Å². The molecule has 0 unspecified atom stereocenters. The molecule has 5 N–H and O–H groups in total. The minimum atomic E-state index is -0.515. The van der Waals surface area contributed by atoms with E-state index in [1.54, 1.807) is 30.3 Å². The number of nitrogens with two attached hydrogens (primary N) is 2.